The molecule has 0 aliphatic carbocycles. The monoisotopic (exact) mass is 207 g/mol. The number of nitrogens with zero attached hydrogens (tertiary/aromatic N) is 1. The van der Waals surface area contributed by atoms with E-state index in [4.69, 9.17) is 10.2 Å². The Morgan fingerprint density at radius 3 is 2.36 bits per heavy atom. The van der Waals surface area contributed by atoms with E-state index in [2.05, 4.69) is 4.98 Å². The van der Waals surface area contributed by atoms with Crippen LogP contribution >= 0.6 is 0 Å². The first kappa shape index (κ1) is 10.9. The maximum absolute atomic E-state index is 12.1. The molecule has 6 heteroatoms. The molecule has 1 unspecified atom stereocenters. The van der Waals surface area contributed by atoms with E-state index in [9.17, 15) is 13.2 Å². The number of rotatable bonds is 2. The minimum Gasteiger partial charge on any atom is -0.393 e. The lowest BCUT2D eigenvalue weighted by Gasteiger charge is -2.09. The Morgan fingerprint density at radius 2 is 2.00 bits per heavy atom. The number of aromatic nitrogens is 1. The molecule has 0 aliphatic rings. The van der Waals surface area contributed by atoms with Crippen LogP contribution in [-0.4, -0.2) is 21.8 Å². The number of pyridine rings is 1. The van der Waals surface area contributed by atoms with Gasteiger partial charge in [-0.1, -0.05) is 0 Å². The van der Waals surface area contributed by atoms with Crippen LogP contribution in [0.1, 0.15) is 17.4 Å². The van der Waals surface area contributed by atoms with Crippen LogP contribution in [0.3, 0.4) is 0 Å². The summed E-state index contributed by atoms with van der Waals surface area (Å²) in [4.78, 5) is 3.39. The summed E-state index contributed by atoms with van der Waals surface area (Å²) in [5, 5.41) is 17.5. The zero-order valence-electron chi connectivity index (χ0n) is 6.99. The maximum atomic E-state index is 12.1. The molecule has 1 atom stereocenters. The van der Waals surface area contributed by atoms with Gasteiger partial charge in [0.15, 0.2) is 0 Å². The Hall–Kier alpha value is -1.14. The van der Waals surface area contributed by atoms with Gasteiger partial charge in [-0.25, -0.2) is 0 Å². The second kappa shape index (κ2) is 3.93. The van der Waals surface area contributed by atoms with E-state index in [-0.39, 0.29) is 5.69 Å². The highest BCUT2D eigenvalue weighted by Gasteiger charge is 2.30. The molecule has 78 valence electrons. The van der Waals surface area contributed by atoms with Crippen molar-refractivity contribution in [1.82, 2.24) is 4.98 Å². The molecule has 14 heavy (non-hydrogen) atoms. The minimum absolute atomic E-state index is 0.0144. The number of halogens is 3. The molecule has 1 rings (SSSR count). The summed E-state index contributed by atoms with van der Waals surface area (Å²) in [6, 6.07) is 1.84. The number of alkyl halides is 3. The van der Waals surface area contributed by atoms with Crippen molar-refractivity contribution in [1.29, 1.82) is 0 Å². The Balaban J connectivity index is 2.89. The molecular formula is C8H8F3NO2. The van der Waals surface area contributed by atoms with Crippen molar-refractivity contribution < 1.29 is 23.4 Å². The molecule has 1 heterocycles. The third-order valence-corrected chi connectivity index (χ3v) is 1.63. The largest absolute Gasteiger partial charge is 0.417 e. The number of aliphatic hydroxyl groups excluding tert-OH is 2. The van der Waals surface area contributed by atoms with Gasteiger partial charge < -0.3 is 10.2 Å². The minimum atomic E-state index is -4.43. The Bertz CT molecular complexity index is 296. The highest BCUT2D eigenvalue weighted by molar-refractivity contribution is 5.18. The van der Waals surface area contributed by atoms with Crippen LogP contribution in [0, 0.1) is 0 Å². The van der Waals surface area contributed by atoms with Crippen LogP contribution < -0.4 is 0 Å². The Labute approximate surface area is 77.8 Å². The molecule has 0 aromatic carbocycles. The molecule has 0 bridgehead atoms. The second-order valence-electron chi connectivity index (χ2n) is 2.67. The van der Waals surface area contributed by atoms with Gasteiger partial charge >= 0.3 is 6.18 Å². The summed E-state index contributed by atoms with van der Waals surface area (Å²) in [5.41, 5.74) is -0.869. The molecule has 0 amide bonds. The van der Waals surface area contributed by atoms with Crippen molar-refractivity contribution in [3.8, 4) is 0 Å². The predicted octanol–water partition coefficient (Wildman–Crippen LogP) is 1.13. The first-order valence-corrected chi connectivity index (χ1v) is 3.77. The van der Waals surface area contributed by atoms with E-state index in [0.29, 0.717) is 6.20 Å². The summed E-state index contributed by atoms with van der Waals surface area (Å²) in [6.07, 6.45) is -5.05. The van der Waals surface area contributed by atoms with Gasteiger partial charge in [0, 0.05) is 6.20 Å². The van der Waals surface area contributed by atoms with Crippen molar-refractivity contribution in [2.24, 2.45) is 0 Å². The van der Waals surface area contributed by atoms with Gasteiger partial charge in [-0.05, 0) is 12.1 Å². The molecule has 0 saturated carbocycles. The molecule has 1 aromatic heterocycles. The van der Waals surface area contributed by atoms with Crippen molar-refractivity contribution in [2.45, 2.75) is 12.3 Å². The zero-order valence-corrected chi connectivity index (χ0v) is 6.99. The zero-order chi connectivity index (χ0) is 10.8. The fourth-order valence-corrected chi connectivity index (χ4v) is 0.864. The third-order valence-electron chi connectivity index (χ3n) is 1.63. The van der Waals surface area contributed by atoms with Gasteiger partial charge in [0.05, 0.1) is 17.9 Å². The summed E-state index contributed by atoms with van der Waals surface area (Å²) in [6.45, 7) is -0.571. The topological polar surface area (TPSA) is 53.4 Å². The lowest BCUT2D eigenvalue weighted by molar-refractivity contribution is -0.137. The number of aliphatic hydroxyl groups is 2. The smallest absolute Gasteiger partial charge is 0.393 e. The van der Waals surface area contributed by atoms with Gasteiger partial charge in [0.25, 0.3) is 0 Å². The van der Waals surface area contributed by atoms with Gasteiger partial charge in [-0.15, -0.1) is 0 Å². The van der Waals surface area contributed by atoms with Gasteiger partial charge in [0.1, 0.15) is 6.10 Å². The molecule has 2 N–H and O–H groups in total. The molecule has 0 saturated heterocycles. The average molecular weight is 207 g/mol. The Morgan fingerprint density at radius 1 is 1.36 bits per heavy atom. The van der Waals surface area contributed by atoms with E-state index in [1.54, 1.807) is 0 Å². The third kappa shape index (κ3) is 2.43. The van der Waals surface area contributed by atoms with Gasteiger partial charge in [-0.3, -0.25) is 4.98 Å². The summed E-state index contributed by atoms with van der Waals surface area (Å²) in [5.74, 6) is 0. The summed E-state index contributed by atoms with van der Waals surface area (Å²) in [7, 11) is 0. The standard InChI is InChI=1S/C8H8F3NO2/c9-8(10,11)5-1-2-6(12-3-5)7(14)4-13/h1-3,7,13-14H,4H2. The molecule has 1 aromatic rings. The first-order valence-electron chi connectivity index (χ1n) is 3.77. The fourth-order valence-electron chi connectivity index (χ4n) is 0.864. The highest BCUT2D eigenvalue weighted by Crippen LogP contribution is 2.28. The van der Waals surface area contributed by atoms with Crippen LogP contribution in [0.4, 0.5) is 13.2 Å². The van der Waals surface area contributed by atoms with Crippen molar-refractivity contribution in [3.63, 3.8) is 0 Å². The average Bonchev–Trinajstić information content (AvgIpc) is 2.15. The highest BCUT2D eigenvalue weighted by atomic mass is 19.4. The molecule has 0 aliphatic heterocycles. The van der Waals surface area contributed by atoms with Crippen LogP contribution in [0.15, 0.2) is 18.3 Å². The molecule has 3 nitrogen and oxygen atoms in total. The van der Waals surface area contributed by atoms with Crippen molar-refractivity contribution in [3.05, 3.63) is 29.6 Å². The van der Waals surface area contributed by atoms with Crippen LogP contribution in [-0.2, 0) is 6.18 Å². The molecule has 0 radical (unpaired) electrons. The molecular weight excluding hydrogens is 199 g/mol. The SMILES string of the molecule is OCC(O)c1ccc(C(F)(F)F)cn1. The van der Waals surface area contributed by atoms with E-state index < -0.39 is 24.5 Å². The van der Waals surface area contributed by atoms with Gasteiger partial charge in [-0.2, -0.15) is 13.2 Å². The second-order valence-corrected chi connectivity index (χ2v) is 2.67. The molecule has 0 fully saturated rings. The van der Waals surface area contributed by atoms with E-state index in [1.165, 1.54) is 0 Å². The maximum Gasteiger partial charge on any atom is 0.417 e. The lowest BCUT2D eigenvalue weighted by atomic mass is 10.2. The lowest BCUT2D eigenvalue weighted by Crippen LogP contribution is -2.09. The normalized spacial score (nSPS) is 14.1. The Kier molecular flexibility index (Phi) is 3.07. The van der Waals surface area contributed by atoms with Crippen molar-refractivity contribution in [2.75, 3.05) is 6.61 Å². The van der Waals surface area contributed by atoms with E-state index in [1.807, 2.05) is 0 Å². The summed E-state index contributed by atoms with van der Waals surface area (Å²) < 4.78 is 36.2. The van der Waals surface area contributed by atoms with Crippen LogP contribution in [0.2, 0.25) is 0 Å². The van der Waals surface area contributed by atoms with Crippen LogP contribution in [0.25, 0.3) is 0 Å². The summed E-state index contributed by atoms with van der Waals surface area (Å²) >= 11 is 0. The van der Waals surface area contributed by atoms with E-state index >= 15 is 0 Å². The van der Waals surface area contributed by atoms with Crippen molar-refractivity contribution >= 4 is 0 Å². The van der Waals surface area contributed by atoms with E-state index in [0.717, 1.165) is 12.1 Å². The molecule has 0 spiro atoms. The quantitative estimate of drug-likeness (QED) is 0.764. The number of hydrogen-bond acceptors (Lipinski definition) is 3. The first-order chi connectivity index (χ1) is 6.45. The van der Waals surface area contributed by atoms with Crippen LogP contribution in [0.5, 0.6) is 0 Å². The predicted molar refractivity (Wildman–Crippen MR) is 41.3 cm³/mol. The fraction of sp³-hybridized carbons (Fsp3) is 0.375. The number of hydrogen-bond donors (Lipinski definition) is 2. The van der Waals surface area contributed by atoms with Gasteiger partial charge in [0.2, 0.25) is 0 Å².